The van der Waals surface area contributed by atoms with Crippen LogP contribution in [0.1, 0.15) is 28.3 Å². The smallest absolute Gasteiger partial charge is 0.337 e. The monoisotopic (exact) mass is 418 g/mol. The molecule has 0 amide bonds. The number of aromatic nitrogens is 4. The number of halogens is 3. The van der Waals surface area contributed by atoms with Gasteiger partial charge >= 0.3 is 6.18 Å². The molecule has 148 valence electrons. The van der Waals surface area contributed by atoms with Gasteiger partial charge in [-0.2, -0.15) is 18.2 Å². The minimum absolute atomic E-state index is 0.00163. The van der Waals surface area contributed by atoms with E-state index in [-0.39, 0.29) is 29.4 Å². The molecule has 29 heavy (non-hydrogen) atoms. The first-order chi connectivity index (χ1) is 13.9. The van der Waals surface area contributed by atoms with Crippen LogP contribution in [0.3, 0.4) is 0 Å². The summed E-state index contributed by atoms with van der Waals surface area (Å²) in [4.78, 5) is 23.4. The molecular formula is C19H13F3N4O2S. The Morgan fingerprint density at radius 1 is 1.24 bits per heavy atom. The second-order valence-electron chi connectivity index (χ2n) is 6.81. The molecule has 4 aromatic rings. The van der Waals surface area contributed by atoms with Gasteiger partial charge in [-0.25, -0.2) is 4.98 Å². The lowest BCUT2D eigenvalue weighted by Gasteiger charge is -2.06. The van der Waals surface area contributed by atoms with E-state index in [9.17, 15) is 18.0 Å². The van der Waals surface area contributed by atoms with E-state index < -0.39 is 11.7 Å². The summed E-state index contributed by atoms with van der Waals surface area (Å²) in [6.07, 6.45) is -0.145. The topological polar surface area (TPSA) is 73.8 Å². The van der Waals surface area contributed by atoms with Gasteiger partial charge in [0.25, 0.3) is 5.56 Å². The minimum Gasteiger partial charge on any atom is -0.337 e. The third-order valence-corrected chi connectivity index (χ3v) is 6.11. The van der Waals surface area contributed by atoms with E-state index in [2.05, 4.69) is 15.1 Å². The molecule has 10 heteroatoms. The second-order valence-corrected chi connectivity index (χ2v) is 7.89. The summed E-state index contributed by atoms with van der Waals surface area (Å²) in [7, 11) is 0. The molecule has 0 saturated heterocycles. The summed E-state index contributed by atoms with van der Waals surface area (Å²) < 4.78 is 45.3. The van der Waals surface area contributed by atoms with Crippen molar-refractivity contribution >= 4 is 21.6 Å². The molecule has 3 heterocycles. The number of fused-ring (bicyclic) bond motifs is 3. The van der Waals surface area contributed by atoms with Crippen molar-refractivity contribution in [2.75, 3.05) is 0 Å². The van der Waals surface area contributed by atoms with Crippen molar-refractivity contribution in [1.29, 1.82) is 0 Å². The van der Waals surface area contributed by atoms with Gasteiger partial charge in [-0.05, 0) is 37.0 Å². The summed E-state index contributed by atoms with van der Waals surface area (Å²) in [6.45, 7) is -0.00163. The molecule has 1 aromatic carbocycles. The van der Waals surface area contributed by atoms with Gasteiger partial charge in [-0.1, -0.05) is 17.3 Å². The molecule has 0 bridgehead atoms. The average molecular weight is 418 g/mol. The van der Waals surface area contributed by atoms with Gasteiger partial charge in [0.2, 0.25) is 11.7 Å². The average Bonchev–Trinajstić information content (AvgIpc) is 3.39. The summed E-state index contributed by atoms with van der Waals surface area (Å²) >= 11 is 1.55. The van der Waals surface area contributed by atoms with Crippen molar-refractivity contribution in [3.8, 4) is 11.4 Å². The van der Waals surface area contributed by atoms with E-state index in [4.69, 9.17) is 4.52 Å². The molecule has 0 radical (unpaired) electrons. The summed E-state index contributed by atoms with van der Waals surface area (Å²) in [5.41, 5.74) is 0.296. The van der Waals surface area contributed by atoms with E-state index in [1.807, 2.05) is 0 Å². The molecule has 1 aliphatic carbocycles. The number of thiophene rings is 1. The zero-order valence-corrected chi connectivity index (χ0v) is 15.7. The number of rotatable bonds is 3. The lowest BCUT2D eigenvalue weighted by Crippen LogP contribution is -2.21. The third-order valence-electron chi connectivity index (χ3n) is 4.91. The van der Waals surface area contributed by atoms with Gasteiger partial charge in [0.1, 0.15) is 11.4 Å². The highest BCUT2D eigenvalue weighted by Crippen LogP contribution is 2.34. The van der Waals surface area contributed by atoms with Gasteiger partial charge in [0.05, 0.1) is 17.3 Å². The summed E-state index contributed by atoms with van der Waals surface area (Å²) in [6, 6.07) is 4.69. The fourth-order valence-electron chi connectivity index (χ4n) is 3.55. The minimum atomic E-state index is -4.46. The predicted molar refractivity (Wildman–Crippen MR) is 99.7 cm³/mol. The molecule has 0 N–H and O–H groups in total. The third kappa shape index (κ3) is 3.13. The molecule has 3 aromatic heterocycles. The standard InChI is InChI=1S/C19H13F3N4O2S/c20-19(21,22)11-4-1-3-10(7-11)16-24-14(28-25-16)8-26-9-23-17-15(18(26)27)12-5-2-6-13(12)29-17/h1,3-4,7,9H,2,5-6,8H2. The molecule has 0 saturated carbocycles. The summed E-state index contributed by atoms with van der Waals surface area (Å²) in [5.74, 6) is 0.150. The van der Waals surface area contributed by atoms with Crippen LogP contribution < -0.4 is 5.56 Å². The number of hydrogen-bond donors (Lipinski definition) is 0. The van der Waals surface area contributed by atoms with E-state index >= 15 is 0 Å². The van der Waals surface area contributed by atoms with E-state index in [0.717, 1.165) is 41.8 Å². The van der Waals surface area contributed by atoms with E-state index in [0.29, 0.717) is 5.39 Å². The Morgan fingerprint density at radius 2 is 2.10 bits per heavy atom. The molecule has 0 unspecified atom stereocenters. The number of benzene rings is 1. The zero-order valence-electron chi connectivity index (χ0n) is 14.9. The van der Waals surface area contributed by atoms with E-state index in [1.54, 1.807) is 11.3 Å². The predicted octanol–water partition coefficient (Wildman–Crippen LogP) is 4.06. The number of nitrogens with zero attached hydrogens (tertiary/aromatic N) is 4. The van der Waals surface area contributed by atoms with Crippen molar-refractivity contribution in [1.82, 2.24) is 19.7 Å². The van der Waals surface area contributed by atoms with Gasteiger partial charge in [-0.15, -0.1) is 11.3 Å². The molecule has 0 atom stereocenters. The van der Waals surface area contributed by atoms with Crippen molar-refractivity contribution in [3.63, 3.8) is 0 Å². The van der Waals surface area contributed by atoms with Gasteiger partial charge in [0.15, 0.2) is 0 Å². The van der Waals surface area contributed by atoms with Crippen LogP contribution in [-0.2, 0) is 25.6 Å². The number of alkyl halides is 3. The van der Waals surface area contributed by atoms with Crippen molar-refractivity contribution in [3.05, 3.63) is 62.8 Å². The van der Waals surface area contributed by atoms with Crippen LogP contribution in [0.15, 0.2) is 39.9 Å². The van der Waals surface area contributed by atoms with Crippen molar-refractivity contribution in [2.45, 2.75) is 32.0 Å². The number of hydrogen-bond acceptors (Lipinski definition) is 6. The molecular weight excluding hydrogens is 405 g/mol. The second kappa shape index (κ2) is 6.51. The number of aryl methyl sites for hydroxylation is 2. The quantitative estimate of drug-likeness (QED) is 0.502. The molecule has 6 nitrogen and oxygen atoms in total. The highest BCUT2D eigenvalue weighted by molar-refractivity contribution is 7.18. The molecule has 5 rings (SSSR count). The van der Waals surface area contributed by atoms with Crippen LogP contribution in [-0.4, -0.2) is 19.7 Å². The first kappa shape index (κ1) is 18.0. The lowest BCUT2D eigenvalue weighted by molar-refractivity contribution is -0.137. The van der Waals surface area contributed by atoms with Crippen molar-refractivity contribution < 1.29 is 17.7 Å². The molecule has 1 aliphatic rings. The Balaban J connectivity index is 1.47. The molecule has 0 aliphatic heterocycles. The fraction of sp³-hybridized carbons (Fsp3) is 0.263. The first-order valence-electron chi connectivity index (χ1n) is 8.90. The molecule has 0 spiro atoms. The normalized spacial score (nSPS) is 13.9. The largest absolute Gasteiger partial charge is 0.416 e. The highest BCUT2D eigenvalue weighted by atomic mass is 32.1. The van der Waals surface area contributed by atoms with Crippen LogP contribution in [0.25, 0.3) is 21.6 Å². The van der Waals surface area contributed by atoms with Crippen LogP contribution in [0, 0.1) is 0 Å². The van der Waals surface area contributed by atoms with Gasteiger partial charge in [0, 0.05) is 10.4 Å². The zero-order chi connectivity index (χ0) is 20.2. The van der Waals surface area contributed by atoms with Gasteiger partial charge < -0.3 is 4.52 Å². The lowest BCUT2D eigenvalue weighted by atomic mass is 10.1. The van der Waals surface area contributed by atoms with Crippen LogP contribution >= 0.6 is 11.3 Å². The Labute approximate surface area is 165 Å². The maximum Gasteiger partial charge on any atom is 0.416 e. The highest BCUT2D eigenvalue weighted by Gasteiger charge is 2.31. The molecule has 0 fully saturated rings. The Bertz CT molecular complexity index is 1290. The SMILES string of the molecule is O=c1c2c3c(sc2ncn1Cc1nc(-c2cccc(C(F)(F)F)c2)no1)CCC3. The fourth-order valence-corrected chi connectivity index (χ4v) is 4.77. The summed E-state index contributed by atoms with van der Waals surface area (Å²) in [5, 5.41) is 4.40. The Morgan fingerprint density at radius 3 is 2.93 bits per heavy atom. The maximum absolute atomic E-state index is 12.9. The van der Waals surface area contributed by atoms with Crippen molar-refractivity contribution in [2.24, 2.45) is 0 Å². The van der Waals surface area contributed by atoms with Crippen LogP contribution in [0.2, 0.25) is 0 Å². The Hall–Kier alpha value is -3.01. The van der Waals surface area contributed by atoms with Crippen LogP contribution in [0.5, 0.6) is 0 Å². The maximum atomic E-state index is 12.9. The Kier molecular flexibility index (Phi) is 4.05. The first-order valence-corrected chi connectivity index (χ1v) is 9.72. The van der Waals surface area contributed by atoms with Crippen LogP contribution in [0.4, 0.5) is 13.2 Å². The van der Waals surface area contributed by atoms with E-state index in [1.165, 1.54) is 27.9 Å². The van der Waals surface area contributed by atoms with Gasteiger partial charge in [-0.3, -0.25) is 9.36 Å².